The second kappa shape index (κ2) is 6.49. The van der Waals surface area contributed by atoms with Gasteiger partial charge in [-0.1, -0.05) is 28.1 Å². The van der Waals surface area contributed by atoms with Gasteiger partial charge < -0.3 is 10.4 Å². The number of rotatable bonds is 4. The monoisotopic (exact) mass is 348 g/mol. The summed E-state index contributed by atoms with van der Waals surface area (Å²) < 4.78 is 0.877. The summed E-state index contributed by atoms with van der Waals surface area (Å²) in [6.45, 7) is 2.23. The SMILES string of the molecule is Cc1ccc(C(=O)NCc2ccc(C(=O)O)nc2)cc1Br. The van der Waals surface area contributed by atoms with Crippen molar-refractivity contribution >= 4 is 27.8 Å². The van der Waals surface area contributed by atoms with Gasteiger partial charge in [-0.15, -0.1) is 0 Å². The molecule has 0 spiro atoms. The molecule has 21 heavy (non-hydrogen) atoms. The highest BCUT2D eigenvalue weighted by molar-refractivity contribution is 9.10. The smallest absolute Gasteiger partial charge is 0.354 e. The summed E-state index contributed by atoms with van der Waals surface area (Å²) in [5.74, 6) is -1.27. The van der Waals surface area contributed by atoms with Crippen LogP contribution in [0, 0.1) is 6.92 Å². The van der Waals surface area contributed by atoms with Gasteiger partial charge in [0.15, 0.2) is 0 Å². The van der Waals surface area contributed by atoms with Gasteiger partial charge in [-0.25, -0.2) is 9.78 Å². The third-order valence-corrected chi connectivity index (χ3v) is 3.79. The summed E-state index contributed by atoms with van der Waals surface area (Å²) in [4.78, 5) is 26.5. The van der Waals surface area contributed by atoms with E-state index in [4.69, 9.17) is 5.11 Å². The van der Waals surface area contributed by atoms with Crippen molar-refractivity contribution in [3.8, 4) is 0 Å². The van der Waals surface area contributed by atoms with Gasteiger partial charge in [-0.05, 0) is 36.2 Å². The maximum absolute atomic E-state index is 12.0. The van der Waals surface area contributed by atoms with E-state index in [-0.39, 0.29) is 18.1 Å². The van der Waals surface area contributed by atoms with Gasteiger partial charge in [0, 0.05) is 22.8 Å². The zero-order valence-corrected chi connectivity index (χ0v) is 12.8. The third-order valence-electron chi connectivity index (χ3n) is 2.93. The van der Waals surface area contributed by atoms with Crippen LogP contribution in [0.15, 0.2) is 41.0 Å². The van der Waals surface area contributed by atoms with E-state index in [0.717, 1.165) is 15.6 Å². The highest BCUT2D eigenvalue weighted by Crippen LogP contribution is 2.17. The Morgan fingerprint density at radius 2 is 2.05 bits per heavy atom. The number of pyridine rings is 1. The van der Waals surface area contributed by atoms with Crippen LogP contribution in [0.5, 0.6) is 0 Å². The minimum Gasteiger partial charge on any atom is -0.477 e. The van der Waals surface area contributed by atoms with Crippen molar-refractivity contribution in [2.24, 2.45) is 0 Å². The molecule has 0 aliphatic carbocycles. The van der Waals surface area contributed by atoms with Crippen LogP contribution >= 0.6 is 15.9 Å². The Balaban J connectivity index is 2.00. The number of nitrogens with zero attached hydrogens (tertiary/aromatic N) is 1. The van der Waals surface area contributed by atoms with E-state index in [0.29, 0.717) is 5.56 Å². The lowest BCUT2D eigenvalue weighted by Gasteiger charge is -2.07. The molecule has 0 bridgehead atoms. The van der Waals surface area contributed by atoms with Gasteiger partial charge in [0.25, 0.3) is 5.91 Å². The van der Waals surface area contributed by atoms with E-state index >= 15 is 0 Å². The zero-order chi connectivity index (χ0) is 15.4. The number of benzene rings is 1. The van der Waals surface area contributed by atoms with E-state index in [1.54, 1.807) is 18.2 Å². The number of nitrogens with one attached hydrogen (secondary N) is 1. The molecule has 1 heterocycles. The lowest BCUT2D eigenvalue weighted by molar-refractivity contribution is 0.0690. The first-order valence-corrected chi connectivity index (χ1v) is 6.99. The number of aromatic carboxylic acids is 1. The topological polar surface area (TPSA) is 79.3 Å². The van der Waals surface area contributed by atoms with E-state index in [2.05, 4.69) is 26.2 Å². The Bertz CT molecular complexity index is 684. The molecule has 0 unspecified atom stereocenters. The van der Waals surface area contributed by atoms with Crippen molar-refractivity contribution in [2.45, 2.75) is 13.5 Å². The maximum Gasteiger partial charge on any atom is 0.354 e. The molecule has 2 rings (SSSR count). The van der Waals surface area contributed by atoms with Crippen LogP contribution in [0.1, 0.15) is 32.0 Å². The molecule has 0 aliphatic heterocycles. The minimum absolute atomic E-state index is 0.0208. The molecule has 2 N–H and O–H groups in total. The first-order chi connectivity index (χ1) is 9.97. The van der Waals surface area contributed by atoms with Crippen LogP contribution < -0.4 is 5.32 Å². The second-order valence-corrected chi connectivity index (χ2v) is 5.36. The quantitative estimate of drug-likeness (QED) is 0.890. The van der Waals surface area contributed by atoms with E-state index in [1.165, 1.54) is 12.3 Å². The molecule has 1 aromatic heterocycles. The van der Waals surface area contributed by atoms with Crippen LogP contribution in [0.2, 0.25) is 0 Å². The lowest BCUT2D eigenvalue weighted by Crippen LogP contribution is -2.23. The fourth-order valence-electron chi connectivity index (χ4n) is 1.67. The third kappa shape index (κ3) is 3.88. The number of aryl methyl sites for hydroxylation is 1. The first kappa shape index (κ1) is 15.2. The predicted octanol–water partition coefficient (Wildman–Crippen LogP) is 2.78. The summed E-state index contributed by atoms with van der Waals surface area (Å²) in [6.07, 6.45) is 1.44. The van der Waals surface area contributed by atoms with Gasteiger partial charge in [-0.3, -0.25) is 4.79 Å². The Morgan fingerprint density at radius 1 is 1.29 bits per heavy atom. The predicted molar refractivity (Wildman–Crippen MR) is 81.2 cm³/mol. The van der Waals surface area contributed by atoms with Gasteiger partial charge >= 0.3 is 5.97 Å². The van der Waals surface area contributed by atoms with Gasteiger partial charge in [0.2, 0.25) is 0 Å². The molecule has 2 aromatic rings. The number of hydrogen-bond acceptors (Lipinski definition) is 3. The van der Waals surface area contributed by atoms with Crippen LogP contribution in [0.4, 0.5) is 0 Å². The van der Waals surface area contributed by atoms with Crippen molar-refractivity contribution in [1.82, 2.24) is 10.3 Å². The molecule has 108 valence electrons. The van der Waals surface area contributed by atoms with Gasteiger partial charge in [-0.2, -0.15) is 0 Å². The summed E-state index contributed by atoms with van der Waals surface area (Å²) in [6, 6.07) is 8.41. The fraction of sp³-hybridized carbons (Fsp3) is 0.133. The molecule has 1 amide bonds. The second-order valence-electron chi connectivity index (χ2n) is 4.50. The Labute approximate surface area is 130 Å². The highest BCUT2D eigenvalue weighted by atomic mass is 79.9. The number of amides is 1. The molecule has 0 radical (unpaired) electrons. The molecule has 0 fully saturated rings. The standard InChI is InChI=1S/C15H13BrN2O3/c1-9-2-4-11(6-12(9)16)14(19)18-8-10-3-5-13(15(20)21)17-7-10/h2-7H,8H2,1H3,(H,18,19)(H,20,21). The van der Waals surface area contributed by atoms with Crippen molar-refractivity contribution in [3.63, 3.8) is 0 Å². The summed E-state index contributed by atoms with van der Waals surface area (Å²) in [5, 5.41) is 11.5. The van der Waals surface area contributed by atoms with Crippen LogP contribution in [-0.2, 0) is 6.54 Å². The van der Waals surface area contributed by atoms with Crippen LogP contribution in [0.3, 0.4) is 0 Å². The molecule has 0 saturated heterocycles. The zero-order valence-electron chi connectivity index (χ0n) is 11.3. The van der Waals surface area contributed by atoms with Crippen molar-refractivity contribution in [1.29, 1.82) is 0 Å². The minimum atomic E-state index is -1.07. The number of carbonyl (C=O) groups is 2. The van der Waals surface area contributed by atoms with Crippen LogP contribution in [0.25, 0.3) is 0 Å². The van der Waals surface area contributed by atoms with Crippen molar-refractivity contribution in [3.05, 3.63) is 63.4 Å². The number of carboxylic acids is 1. The lowest BCUT2D eigenvalue weighted by atomic mass is 10.1. The maximum atomic E-state index is 12.0. The Morgan fingerprint density at radius 3 is 2.62 bits per heavy atom. The number of halogens is 1. The van der Waals surface area contributed by atoms with Gasteiger partial charge in [0.1, 0.15) is 5.69 Å². The first-order valence-electron chi connectivity index (χ1n) is 6.20. The molecule has 1 aromatic carbocycles. The number of carbonyl (C=O) groups excluding carboxylic acids is 1. The molecule has 0 saturated carbocycles. The average molecular weight is 349 g/mol. The molecular weight excluding hydrogens is 336 g/mol. The normalized spacial score (nSPS) is 10.2. The molecule has 0 aliphatic rings. The summed E-state index contributed by atoms with van der Waals surface area (Å²) in [7, 11) is 0. The molecular formula is C15H13BrN2O3. The Kier molecular flexibility index (Phi) is 4.70. The van der Waals surface area contributed by atoms with Gasteiger partial charge in [0.05, 0.1) is 0 Å². The highest BCUT2D eigenvalue weighted by Gasteiger charge is 2.08. The summed E-state index contributed by atoms with van der Waals surface area (Å²) >= 11 is 3.39. The number of aromatic nitrogens is 1. The molecule has 0 atom stereocenters. The molecule has 5 nitrogen and oxygen atoms in total. The summed E-state index contributed by atoms with van der Waals surface area (Å²) in [5.41, 5.74) is 2.33. The Hall–Kier alpha value is -2.21. The number of carboxylic acid groups (broad SMARTS) is 1. The fourth-order valence-corrected chi connectivity index (χ4v) is 2.05. The van der Waals surface area contributed by atoms with Crippen molar-refractivity contribution < 1.29 is 14.7 Å². The van der Waals surface area contributed by atoms with E-state index in [1.807, 2.05) is 13.0 Å². The van der Waals surface area contributed by atoms with Crippen LogP contribution in [-0.4, -0.2) is 22.0 Å². The van der Waals surface area contributed by atoms with E-state index < -0.39 is 5.97 Å². The average Bonchev–Trinajstić information content (AvgIpc) is 2.48. The molecule has 6 heteroatoms. The largest absolute Gasteiger partial charge is 0.477 e. The van der Waals surface area contributed by atoms with E-state index in [9.17, 15) is 9.59 Å². The number of hydrogen-bond donors (Lipinski definition) is 2. The van der Waals surface area contributed by atoms with Crippen molar-refractivity contribution in [2.75, 3.05) is 0 Å².